The Kier molecular flexibility index (Phi) is 7.67. The number of pyridine rings is 1. The highest BCUT2D eigenvalue weighted by Gasteiger charge is 2.20. The molecule has 0 atom stereocenters. The molecular weight excluding hydrogens is 354 g/mol. The summed E-state index contributed by atoms with van der Waals surface area (Å²) in [6.07, 6.45) is 4.91. The van der Waals surface area contributed by atoms with E-state index in [-0.39, 0.29) is 5.91 Å². The van der Waals surface area contributed by atoms with Crippen LogP contribution >= 0.6 is 0 Å². The van der Waals surface area contributed by atoms with Crippen molar-refractivity contribution in [3.8, 4) is 11.5 Å². The Morgan fingerprint density at radius 3 is 2.46 bits per heavy atom. The summed E-state index contributed by atoms with van der Waals surface area (Å²) in [5, 5.41) is 0. The number of hydrogen-bond donors (Lipinski definition) is 0. The quantitative estimate of drug-likeness (QED) is 0.623. The van der Waals surface area contributed by atoms with Crippen molar-refractivity contribution in [2.45, 2.75) is 26.3 Å². The highest BCUT2D eigenvalue weighted by molar-refractivity contribution is 5.76. The summed E-state index contributed by atoms with van der Waals surface area (Å²) in [5.74, 6) is 1.70. The Balaban J connectivity index is 1.35. The molecule has 1 aliphatic rings. The van der Waals surface area contributed by atoms with Gasteiger partial charge in [-0.05, 0) is 37.1 Å². The predicted octanol–water partition coefficient (Wildman–Crippen LogP) is 2.98. The molecule has 150 valence electrons. The molecule has 1 aromatic carbocycles. The minimum absolute atomic E-state index is 0.211. The maximum Gasteiger partial charge on any atom is 0.222 e. The second kappa shape index (κ2) is 10.7. The largest absolute Gasteiger partial charge is 0.490 e. The molecule has 3 rings (SSSR count). The monoisotopic (exact) mass is 383 g/mol. The average Bonchev–Trinajstić information content (AvgIpc) is 2.73. The third-order valence-corrected chi connectivity index (χ3v) is 4.80. The fourth-order valence-electron chi connectivity index (χ4n) is 3.31. The zero-order valence-corrected chi connectivity index (χ0v) is 16.5. The predicted molar refractivity (Wildman–Crippen MR) is 108 cm³/mol. The lowest BCUT2D eigenvalue weighted by molar-refractivity contribution is -0.133. The lowest BCUT2D eigenvalue weighted by Crippen LogP contribution is -2.48. The van der Waals surface area contributed by atoms with Crippen LogP contribution in [0.2, 0.25) is 0 Å². The molecule has 6 heteroatoms. The van der Waals surface area contributed by atoms with Crippen LogP contribution < -0.4 is 9.47 Å². The van der Waals surface area contributed by atoms with Crippen LogP contribution in [-0.4, -0.2) is 60.1 Å². The molecule has 1 saturated heterocycles. The molecule has 0 radical (unpaired) electrons. The summed E-state index contributed by atoms with van der Waals surface area (Å²) in [5.41, 5.74) is 1.21. The van der Waals surface area contributed by atoms with Gasteiger partial charge >= 0.3 is 0 Å². The van der Waals surface area contributed by atoms with Gasteiger partial charge in [0.05, 0.1) is 13.2 Å². The molecule has 0 bridgehead atoms. The minimum Gasteiger partial charge on any atom is -0.490 e. The van der Waals surface area contributed by atoms with Gasteiger partial charge in [-0.1, -0.05) is 18.2 Å². The molecule has 0 unspecified atom stereocenters. The lowest BCUT2D eigenvalue weighted by atomic mass is 10.2. The van der Waals surface area contributed by atoms with E-state index >= 15 is 0 Å². The normalized spacial score (nSPS) is 14.7. The van der Waals surface area contributed by atoms with Crippen molar-refractivity contribution >= 4 is 5.91 Å². The molecule has 1 fully saturated rings. The first-order valence-electron chi connectivity index (χ1n) is 10.00. The summed E-state index contributed by atoms with van der Waals surface area (Å²) < 4.78 is 11.4. The number of piperazine rings is 1. The maximum atomic E-state index is 12.5. The Labute approximate surface area is 167 Å². The lowest BCUT2D eigenvalue weighted by Gasteiger charge is -2.34. The van der Waals surface area contributed by atoms with Crippen LogP contribution in [-0.2, 0) is 11.3 Å². The minimum atomic E-state index is 0.211. The van der Waals surface area contributed by atoms with E-state index in [1.54, 1.807) is 6.20 Å². The first-order chi connectivity index (χ1) is 13.8. The van der Waals surface area contributed by atoms with Crippen molar-refractivity contribution in [3.05, 3.63) is 54.4 Å². The smallest absolute Gasteiger partial charge is 0.222 e. The van der Waals surface area contributed by atoms with E-state index in [1.807, 2.05) is 48.4 Å². The van der Waals surface area contributed by atoms with E-state index < -0.39 is 0 Å². The number of rotatable bonds is 9. The fourth-order valence-corrected chi connectivity index (χ4v) is 3.31. The van der Waals surface area contributed by atoms with Crippen LogP contribution in [0.4, 0.5) is 0 Å². The number of hydrogen-bond acceptors (Lipinski definition) is 5. The SMILES string of the molecule is CCOc1ccccc1OCCCC(=O)N1CCN(Cc2cccnc2)CC1. The third-order valence-electron chi connectivity index (χ3n) is 4.80. The van der Waals surface area contributed by atoms with Gasteiger partial charge in [-0.15, -0.1) is 0 Å². The molecule has 1 amide bonds. The van der Waals surface area contributed by atoms with Crippen molar-refractivity contribution in [2.24, 2.45) is 0 Å². The second-order valence-corrected chi connectivity index (χ2v) is 6.85. The number of carbonyl (C=O) groups excluding carboxylic acids is 1. The van der Waals surface area contributed by atoms with Gasteiger partial charge in [0.25, 0.3) is 0 Å². The van der Waals surface area contributed by atoms with Crippen LogP contribution in [0.15, 0.2) is 48.8 Å². The zero-order valence-electron chi connectivity index (χ0n) is 16.5. The third kappa shape index (κ3) is 5.96. The topological polar surface area (TPSA) is 54.9 Å². The van der Waals surface area contributed by atoms with E-state index in [0.29, 0.717) is 26.1 Å². The van der Waals surface area contributed by atoms with Gasteiger partial charge in [-0.2, -0.15) is 0 Å². The zero-order chi connectivity index (χ0) is 19.6. The summed E-state index contributed by atoms with van der Waals surface area (Å²) in [4.78, 5) is 21.0. The van der Waals surface area contributed by atoms with Crippen LogP contribution in [0.1, 0.15) is 25.3 Å². The van der Waals surface area contributed by atoms with Crippen LogP contribution in [0.25, 0.3) is 0 Å². The standard InChI is InChI=1S/C22H29N3O3/c1-2-27-20-8-3-4-9-21(20)28-16-6-10-22(26)25-14-12-24(13-15-25)18-19-7-5-11-23-17-19/h3-5,7-9,11,17H,2,6,10,12-16,18H2,1H3. The first kappa shape index (κ1) is 20.1. The van der Waals surface area contributed by atoms with E-state index in [9.17, 15) is 4.79 Å². The van der Waals surface area contributed by atoms with Crippen LogP contribution in [0.3, 0.4) is 0 Å². The van der Waals surface area contributed by atoms with Crippen molar-refractivity contribution in [1.29, 1.82) is 0 Å². The summed E-state index contributed by atoms with van der Waals surface area (Å²) in [6, 6.07) is 11.7. The van der Waals surface area contributed by atoms with Crippen molar-refractivity contribution < 1.29 is 14.3 Å². The van der Waals surface area contributed by atoms with Crippen LogP contribution in [0, 0.1) is 0 Å². The number of ether oxygens (including phenoxy) is 2. The summed E-state index contributed by atoms with van der Waals surface area (Å²) in [7, 11) is 0. The van der Waals surface area contributed by atoms with E-state index in [0.717, 1.165) is 44.2 Å². The van der Waals surface area contributed by atoms with Gasteiger partial charge in [-0.25, -0.2) is 0 Å². The Morgan fingerprint density at radius 2 is 1.79 bits per heavy atom. The average molecular weight is 383 g/mol. The molecule has 28 heavy (non-hydrogen) atoms. The molecule has 2 heterocycles. The second-order valence-electron chi connectivity index (χ2n) is 6.85. The van der Waals surface area contributed by atoms with E-state index in [4.69, 9.17) is 9.47 Å². The number of para-hydroxylation sites is 2. The van der Waals surface area contributed by atoms with Crippen molar-refractivity contribution in [2.75, 3.05) is 39.4 Å². The van der Waals surface area contributed by atoms with Gasteiger partial charge in [0.15, 0.2) is 11.5 Å². The highest BCUT2D eigenvalue weighted by Crippen LogP contribution is 2.26. The molecular formula is C22H29N3O3. The Morgan fingerprint density at radius 1 is 1.04 bits per heavy atom. The van der Waals surface area contributed by atoms with E-state index in [2.05, 4.69) is 16.0 Å². The number of benzene rings is 1. The Hall–Kier alpha value is -2.60. The van der Waals surface area contributed by atoms with Crippen molar-refractivity contribution in [1.82, 2.24) is 14.8 Å². The first-order valence-corrected chi connectivity index (χ1v) is 10.00. The molecule has 2 aromatic rings. The Bertz CT molecular complexity index is 731. The van der Waals surface area contributed by atoms with Gasteiger partial charge in [0, 0.05) is 51.5 Å². The molecule has 1 aliphatic heterocycles. The van der Waals surface area contributed by atoms with Gasteiger partial charge in [0.1, 0.15) is 0 Å². The summed E-state index contributed by atoms with van der Waals surface area (Å²) >= 11 is 0. The molecule has 0 N–H and O–H groups in total. The molecule has 1 aromatic heterocycles. The van der Waals surface area contributed by atoms with E-state index in [1.165, 1.54) is 5.56 Å². The maximum absolute atomic E-state index is 12.5. The van der Waals surface area contributed by atoms with Crippen LogP contribution in [0.5, 0.6) is 11.5 Å². The fraction of sp³-hybridized carbons (Fsp3) is 0.455. The van der Waals surface area contributed by atoms with Gasteiger partial charge < -0.3 is 14.4 Å². The molecule has 0 spiro atoms. The number of amides is 1. The summed E-state index contributed by atoms with van der Waals surface area (Å²) in [6.45, 7) is 7.33. The number of aromatic nitrogens is 1. The molecule has 0 saturated carbocycles. The number of nitrogens with zero attached hydrogens (tertiary/aromatic N) is 3. The van der Waals surface area contributed by atoms with Crippen molar-refractivity contribution in [3.63, 3.8) is 0 Å². The highest BCUT2D eigenvalue weighted by atomic mass is 16.5. The van der Waals surface area contributed by atoms with Gasteiger partial charge in [-0.3, -0.25) is 14.7 Å². The molecule has 6 nitrogen and oxygen atoms in total. The van der Waals surface area contributed by atoms with Gasteiger partial charge in [0.2, 0.25) is 5.91 Å². The molecule has 0 aliphatic carbocycles. The number of carbonyl (C=O) groups is 1.